The van der Waals surface area contributed by atoms with Crippen LogP contribution in [0.25, 0.3) is 0 Å². The fraction of sp³-hybridized carbons (Fsp3) is 0.308. The number of methoxy groups -OCH3 is 1. The number of nitrogens with two attached hydrogens (primary N) is 1. The van der Waals surface area contributed by atoms with Gasteiger partial charge in [-0.1, -0.05) is 18.2 Å². The molecule has 7 nitrogen and oxygen atoms in total. The quantitative estimate of drug-likeness (QED) is 0.616. The first-order valence-corrected chi connectivity index (χ1v) is 6.88. The molecule has 114 valence electrons. The third-order valence-electron chi connectivity index (χ3n) is 2.26. The number of rotatable bonds is 6. The number of hydrogen-bond donors (Lipinski definition) is 1. The molecule has 0 amide bonds. The summed E-state index contributed by atoms with van der Waals surface area (Å²) in [6, 6.07) is 7.37. The van der Waals surface area contributed by atoms with Gasteiger partial charge in [-0.3, -0.25) is 4.79 Å². The topological polar surface area (TPSA) is 105 Å². The van der Waals surface area contributed by atoms with Gasteiger partial charge in [0.1, 0.15) is 6.04 Å². The highest BCUT2D eigenvalue weighted by Gasteiger charge is 2.16. The number of benzene rings is 1. The van der Waals surface area contributed by atoms with Crippen molar-refractivity contribution in [3.8, 4) is 0 Å². The Morgan fingerprint density at radius 2 is 1.86 bits per heavy atom. The maximum atomic E-state index is 11.5. The van der Waals surface area contributed by atoms with Crippen molar-refractivity contribution in [1.82, 2.24) is 0 Å². The second kappa shape index (κ2) is 8.98. The van der Waals surface area contributed by atoms with Gasteiger partial charge in [0.05, 0.1) is 12.7 Å². The molecule has 0 fully saturated rings. The SMILES string of the molecule is COC(=O)[C@@H](N)CSC(=O)OCOC(=O)c1ccccc1. The summed E-state index contributed by atoms with van der Waals surface area (Å²) >= 11 is 0.697. The van der Waals surface area contributed by atoms with Gasteiger partial charge in [-0.05, 0) is 23.9 Å². The fourth-order valence-corrected chi connectivity index (χ4v) is 1.79. The number of carbonyl (C=O) groups excluding carboxylic acids is 3. The molecule has 1 aromatic carbocycles. The third kappa shape index (κ3) is 6.28. The van der Waals surface area contributed by atoms with E-state index in [1.165, 1.54) is 7.11 Å². The smallest absolute Gasteiger partial charge is 0.370 e. The molecule has 0 saturated heterocycles. The summed E-state index contributed by atoms with van der Waals surface area (Å²) in [4.78, 5) is 33.8. The van der Waals surface area contributed by atoms with Crippen LogP contribution < -0.4 is 5.73 Å². The van der Waals surface area contributed by atoms with Crippen LogP contribution in [-0.4, -0.2) is 42.9 Å². The highest BCUT2D eigenvalue weighted by Crippen LogP contribution is 2.08. The molecular weight excluding hydrogens is 298 g/mol. The Bertz CT molecular complexity index is 493. The van der Waals surface area contributed by atoms with E-state index in [0.29, 0.717) is 17.3 Å². The summed E-state index contributed by atoms with van der Waals surface area (Å²) < 4.78 is 13.8. The Labute approximate surface area is 125 Å². The molecule has 21 heavy (non-hydrogen) atoms. The Morgan fingerprint density at radius 1 is 1.19 bits per heavy atom. The molecule has 0 radical (unpaired) electrons. The van der Waals surface area contributed by atoms with Crippen LogP contribution in [0.3, 0.4) is 0 Å². The van der Waals surface area contributed by atoms with E-state index in [-0.39, 0.29) is 5.75 Å². The summed E-state index contributed by atoms with van der Waals surface area (Å²) in [5.41, 5.74) is 5.80. The van der Waals surface area contributed by atoms with Gasteiger partial charge in [0, 0.05) is 5.75 Å². The number of esters is 2. The number of ether oxygens (including phenoxy) is 3. The van der Waals surface area contributed by atoms with Crippen LogP contribution >= 0.6 is 11.8 Å². The van der Waals surface area contributed by atoms with Gasteiger partial charge in [-0.25, -0.2) is 9.59 Å². The lowest BCUT2D eigenvalue weighted by molar-refractivity contribution is -0.141. The summed E-state index contributed by atoms with van der Waals surface area (Å²) in [5.74, 6) is -1.21. The van der Waals surface area contributed by atoms with Gasteiger partial charge in [-0.2, -0.15) is 0 Å². The Hall–Kier alpha value is -2.06. The Kier molecular flexibility index (Phi) is 7.27. The predicted octanol–water partition coefficient (Wildman–Crippen LogP) is 1.17. The number of thioether (sulfide) groups is 1. The summed E-state index contributed by atoms with van der Waals surface area (Å²) in [5, 5.41) is -0.699. The molecule has 0 bridgehead atoms. The van der Waals surface area contributed by atoms with E-state index in [1.807, 2.05) is 0 Å². The molecule has 0 aliphatic rings. The molecule has 0 saturated carbocycles. The van der Waals surface area contributed by atoms with Crippen LogP contribution in [-0.2, 0) is 19.0 Å². The van der Waals surface area contributed by atoms with Crippen LogP contribution in [0, 0.1) is 0 Å². The average Bonchev–Trinajstić information content (AvgIpc) is 2.52. The second-order valence-corrected chi connectivity index (χ2v) is 4.71. The number of hydrogen-bond acceptors (Lipinski definition) is 8. The normalized spacial score (nSPS) is 11.3. The minimum absolute atomic E-state index is 0.0120. The molecule has 1 rings (SSSR count). The minimum atomic E-state index is -0.917. The monoisotopic (exact) mass is 313 g/mol. The van der Waals surface area contributed by atoms with Crippen molar-refractivity contribution in [2.75, 3.05) is 19.7 Å². The molecule has 0 aliphatic carbocycles. The maximum Gasteiger partial charge on any atom is 0.370 e. The van der Waals surface area contributed by atoms with E-state index in [0.717, 1.165) is 0 Å². The highest BCUT2D eigenvalue weighted by molar-refractivity contribution is 8.13. The summed E-state index contributed by atoms with van der Waals surface area (Å²) in [6.07, 6.45) is 0. The Morgan fingerprint density at radius 3 is 2.48 bits per heavy atom. The molecule has 0 aliphatic heterocycles. The lowest BCUT2D eigenvalue weighted by Gasteiger charge is -2.08. The highest BCUT2D eigenvalue weighted by atomic mass is 32.2. The van der Waals surface area contributed by atoms with Crippen molar-refractivity contribution >= 4 is 29.0 Å². The van der Waals surface area contributed by atoms with Crippen LogP contribution in [0.15, 0.2) is 30.3 Å². The van der Waals surface area contributed by atoms with E-state index >= 15 is 0 Å². The predicted molar refractivity (Wildman–Crippen MR) is 75.7 cm³/mol. The minimum Gasteiger partial charge on any atom is -0.468 e. The summed E-state index contributed by atoms with van der Waals surface area (Å²) in [7, 11) is 1.20. The van der Waals surface area contributed by atoms with E-state index in [4.69, 9.17) is 10.5 Å². The van der Waals surface area contributed by atoms with E-state index in [9.17, 15) is 14.4 Å². The zero-order valence-corrected chi connectivity index (χ0v) is 12.1. The fourth-order valence-electron chi connectivity index (χ4n) is 1.21. The van der Waals surface area contributed by atoms with Crippen LogP contribution in [0.1, 0.15) is 10.4 Å². The van der Waals surface area contributed by atoms with Crippen molar-refractivity contribution < 1.29 is 28.6 Å². The van der Waals surface area contributed by atoms with Crippen LogP contribution in [0.2, 0.25) is 0 Å². The maximum absolute atomic E-state index is 11.5. The lowest BCUT2D eigenvalue weighted by atomic mass is 10.2. The van der Waals surface area contributed by atoms with Crippen LogP contribution in [0.4, 0.5) is 4.79 Å². The molecule has 1 atom stereocenters. The first kappa shape index (κ1) is 17.0. The van der Waals surface area contributed by atoms with Crippen molar-refractivity contribution in [2.24, 2.45) is 5.73 Å². The van der Waals surface area contributed by atoms with Gasteiger partial charge >= 0.3 is 17.2 Å². The van der Waals surface area contributed by atoms with E-state index < -0.39 is 30.1 Å². The molecule has 2 N–H and O–H groups in total. The molecular formula is C13H15NO6S. The zero-order valence-electron chi connectivity index (χ0n) is 11.3. The Balaban J connectivity index is 2.22. The van der Waals surface area contributed by atoms with Crippen molar-refractivity contribution in [3.05, 3.63) is 35.9 Å². The second-order valence-electron chi connectivity index (χ2n) is 3.75. The standard InChI is InChI=1S/C13H15NO6S/c1-18-12(16)10(14)7-21-13(17)20-8-19-11(15)9-5-3-2-4-6-9/h2-6,10H,7-8,14H2,1H3/t10-/m0/s1. The molecule has 1 aromatic rings. The van der Waals surface area contributed by atoms with Crippen molar-refractivity contribution in [2.45, 2.75) is 6.04 Å². The molecule has 0 unspecified atom stereocenters. The van der Waals surface area contributed by atoms with Crippen molar-refractivity contribution in [3.63, 3.8) is 0 Å². The number of carbonyl (C=O) groups is 3. The van der Waals surface area contributed by atoms with Crippen LogP contribution in [0.5, 0.6) is 0 Å². The first-order valence-electron chi connectivity index (χ1n) is 5.89. The molecule has 8 heteroatoms. The van der Waals surface area contributed by atoms with Gasteiger partial charge < -0.3 is 19.9 Å². The molecule has 0 aromatic heterocycles. The largest absolute Gasteiger partial charge is 0.468 e. The lowest BCUT2D eigenvalue weighted by Crippen LogP contribution is -2.34. The van der Waals surface area contributed by atoms with Gasteiger partial charge in [0.2, 0.25) is 6.79 Å². The summed E-state index contributed by atoms with van der Waals surface area (Å²) in [6.45, 7) is -0.507. The van der Waals surface area contributed by atoms with Gasteiger partial charge in [0.15, 0.2) is 0 Å². The molecule has 0 spiro atoms. The molecule has 0 heterocycles. The van der Waals surface area contributed by atoms with Gasteiger partial charge in [0.25, 0.3) is 0 Å². The van der Waals surface area contributed by atoms with Gasteiger partial charge in [-0.15, -0.1) is 0 Å². The van der Waals surface area contributed by atoms with E-state index in [1.54, 1.807) is 30.3 Å². The third-order valence-corrected chi connectivity index (χ3v) is 3.14. The zero-order chi connectivity index (χ0) is 15.7. The van der Waals surface area contributed by atoms with Crippen molar-refractivity contribution in [1.29, 1.82) is 0 Å². The first-order chi connectivity index (χ1) is 10.0. The average molecular weight is 313 g/mol. The van der Waals surface area contributed by atoms with E-state index in [2.05, 4.69) is 9.47 Å².